The first-order valence-corrected chi connectivity index (χ1v) is 6.40. The number of morpholine rings is 1. The molecule has 3 atom stereocenters. The van der Waals surface area contributed by atoms with Gasteiger partial charge in [-0.3, -0.25) is 9.59 Å². The molecule has 0 aliphatic carbocycles. The van der Waals surface area contributed by atoms with Crippen molar-refractivity contribution in [3.05, 3.63) is 0 Å². The summed E-state index contributed by atoms with van der Waals surface area (Å²) in [5.74, 6) is -0.535. The molecule has 0 aromatic heterocycles. The van der Waals surface area contributed by atoms with Crippen molar-refractivity contribution in [2.45, 2.75) is 32.9 Å². The second-order valence-electron chi connectivity index (χ2n) is 4.66. The molecule has 0 saturated carbocycles. The fourth-order valence-corrected chi connectivity index (χ4v) is 1.86. The van der Waals surface area contributed by atoms with Crippen LogP contribution in [0.4, 0.5) is 0 Å². The van der Waals surface area contributed by atoms with Gasteiger partial charge >= 0.3 is 0 Å². The lowest BCUT2D eigenvalue weighted by molar-refractivity contribution is -0.151. The molecule has 0 bridgehead atoms. The highest BCUT2D eigenvalue weighted by molar-refractivity contribution is 5.89. The number of hydrogen-bond acceptors (Lipinski definition) is 4. The molecule has 0 spiro atoms. The summed E-state index contributed by atoms with van der Waals surface area (Å²) in [6.07, 6.45) is 0. The maximum absolute atomic E-state index is 12.3. The predicted octanol–water partition coefficient (Wildman–Crippen LogP) is -0.667. The van der Waals surface area contributed by atoms with E-state index in [4.69, 9.17) is 10.5 Å². The van der Waals surface area contributed by atoms with E-state index in [2.05, 4.69) is 5.32 Å². The van der Waals surface area contributed by atoms with Crippen LogP contribution in [0.5, 0.6) is 0 Å². The summed E-state index contributed by atoms with van der Waals surface area (Å²) >= 11 is 0. The number of carbonyl (C=O) groups is 2. The lowest BCUT2D eigenvalue weighted by atomic mass is 10.0. The molecule has 0 radical (unpaired) electrons. The Labute approximate surface area is 108 Å². The number of rotatable bonds is 4. The van der Waals surface area contributed by atoms with Crippen LogP contribution in [0.3, 0.4) is 0 Å². The first-order chi connectivity index (χ1) is 8.49. The zero-order valence-corrected chi connectivity index (χ0v) is 11.3. The minimum Gasteiger partial charge on any atom is -0.377 e. The molecule has 3 unspecified atom stereocenters. The third-order valence-corrected chi connectivity index (χ3v) is 3.24. The average Bonchev–Trinajstić information content (AvgIpc) is 2.37. The zero-order valence-electron chi connectivity index (χ0n) is 11.3. The Bertz CT molecular complexity index is 307. The topological polar surface area (TPSA) is 84.7 Å². The molecule has 3 N–H and O–H groups in total. The number of carbonyl (C=O) groups excluding carboxylic acids is 2. The lowest BCUT2D eigenvalue weighted by Crippen LogP contribution is -2.58. The SMILES string of the molecule is CCNC(=O)C1COCCN1C(=O)C(C)C(C)N. The number of ether oxygens (including phenoxy) is 1. The number of nitrogens with zero attached hydrogens (tertiary/aromatic N) is 1. The minimum absolute atomic E-state index is 0.0791. The van der Waals surface area contributed by atoms with Gasteiger partial charge in [-0.25, -0.2) is 0 Å². The highest BCUT2D eigenvalue weighted by Gasteiger charge is 2.35. The van der Waals surface area contributed by atoms with Gasteiger partial charge in [0.15, 0.2) is 0 Å². The summed E-state index contributed by atoms with van der Waals surface area (Å²) in [5.41, 5.74) is 5.74. The smallest absolute Gasteiger partial charge is 0.245 e. The highest BCUT2D eigenvalue weighted by atomic mass is 16.5. The summed E-state index contributed by atoms with van der Waals surface area (Å²) in [6.45, 7) is 7.13. The normalized spacial score (nSPS) is 23.3. The molecule has 18 heavy (non-hydrogen) atoms. The third-order valence-electron chi connectivity index (χ3n) is 3.24. The fourth-order valence-electron chi connectivity index (χ4n) is 1.86. The largest absolute Gasteiger partial charge is 0.377 e. The summed E-state index contributed by atoms with van der Waals surface area (Å²) in [7, 11) is 0. The van der Waals surface area contributed by atoms with E-state index in [-0.39, 0.29) is 30.4 Å². The molecule has 1 aliphatic rings. The third kappa shape index (κ3) is 3.43. The molecule has 1 aliphatic heterocycles. The Kier molecular flexibility index (Phi) is 5.55. The minimum atomic E-state index is -0.535. The van der Waals surface area contributed by atoms with Gasteiger partial charge in [0.2, 0.25) is 11.8 Å². The highest BCUT2D eigenvalue weighted by Crippen LogP contribution is 2.13. The molecular formula is C12H23N3O3. The molecule has 0 aromatic carbocycles. The van der Waals surface area contributed by atoms with Crippen molar-refractivity contribution in [2.75, 3.05) is 26.3 Å². The van der Waals surface area contributed by atoms with Crippen LogP contribution in [0.25, 0.3) is 0 Å². The van der Waals surface area contributed by atoms with Gasteiger partial charge in [0, 0.05) is 19.1 Å². The van der Waals surface area contributed by atoms with Crippen LogP contribution >= 0.6 is 0 Å². The van der Waals surface area contributed by atoms with Gasteiger partial charge in [0.1, 0.15) is 6.04 Å². The molecule has 1 saturated heterocycles. The van der Waals surface area contributed by atoms with E-state index in [1.807, 2.05) is 6.92 Å². The summed E-state index contributed by atoms with van der Waals surface area (Å²) in [4.78, 5) is 25.7. The van der Waals surface area contributed by atoms with E-state index in [1.165, 1.54) is 0 Å². The lowest BCUT2D eigenvalue weighted by Gasteiger charge is -2.36. The summed E-state index contributed by atoms with van der Waals surface area (Å²) in [6, 6.07) is -0.761. The molecule has 1 fully saturated rings. The Hall–Kier alpha value is -1.14. The maximum atomic E-state index is 12.3. The van der Waals surface area contributed by atoms with E-state index in [0.717, 1.165) is 0 Å². The number of likely N-dealkylation sites (N-methyl/N-ethyl adjacent to an activating group) is 1. The molecule has 0 aromatic rings. The van der Waals surface area contributed by atoms with Gasteiger partial charge in [0.25, 0.3) is 0 Å². The van der Waals surface area contributed by atoms with Crippen molar-refractivity contribution in [3.8, 4) is 0 Å². The van der Waals surface area contributed by atoms with E-state index in [9.17, 15) is 9.59 Å². The second kappa shape index (κ2) is 6.70. The predicted molar refractivity (Wildman–Crippen MR) is 67.8 cm³/mol. The molecule has 2 amide bonds. The van der Waals surface area contributed by atoms with E-state index < -0.39 is 6.04 Å². The molecular weight excluding hydrogens is 234 g/mol. The summed E-state index contributed by atoms with van der Waals surface area (Å²) in [5, 5.41) is 2.72. The number of nitrogens with one attached hydrogen (secondary N) is 1. The van der Waals surface area contributed by atoms with Crippen LogP contribution in [0, 0.1) is 5.92 Å². The van der Waals surface area contributed by atoms with E-state index >= 15 is 0 Å². The Morgan fingerprint density at radius 1 is 1.50 bits per heavy atom. The van der Waals surface area contributed by atoms with Crippen LogP contribution in [0.1, 0.15) is 20.8 Å². The van der Waals surface area contributed by atoms with Crippen molar-refractivity contribution >= 4 is 11.8 Å². The monoisotopic (exact) mass is 257 g/mol. The fraction of sp³-hybridized carbons (Fsp3) is 0.833. The maximum Gasteiger partial charge on any atom is 0.245 e. The van der Waals surface area contributed by atoms with Gasteiger partial charge < -0.3 is 20.7 Å². The second-order valence-corrected chi connectivity index (χ2v) is 4.66. The Morgan fingerprint density at radius 2 is 2.17 bits per heavy atom. The number of nitrogens with two attached hydrogens (primary N) is 1. The van der Waals surface area contributed by atoms with E-state index in [0.29, 0.717) is 19.7 Å². The van der Waals surface area contributed by atoms with Gasteiger partial charge in [-0.05, 0) is 13.8 Å². The first-order valence-electron chi connectivity index (χ1n) is 6.40. The van der Waals surface area contributed by atoms with Crippen molar-refractivity contribution < 1.29 is 14.3 Å². The quantitative estimate of drug-likeness (QED) is 0.700. The van der Waals surface area contributed by atoms with Crippen molar-refractivity contribution in [1.82, 2.24) is 10.2 Å². The molecule has 6 nitrogen and oxygen atoms in total. The molecule has 1 rings (SSSR count). The first kappa shape index (κ1) is 14.9. The van der Waals surface area contributed by atoms with Crippen molar-refractivity contribution in [3.63, 3.8) is 0 Å². The standard InChI is InChI=1S/C12H23N3O3/c1-4-14-11(16)10-7-18-6-5-15(10)12(17)8(2)9(3)13/h8-10H,4-7,13H2,1-3H3,(H,14,16). The van der Waals surface area contributed by atoms with Crippen LogP contribution in [-0.2, 0) is 14.3 Å². The van der Waals surface area contributed by atoms with Crippen molar-refractivity contribution in [2.24, 2.45) is 11.7 Å². The van der Waals surface area contributed by atoms with Crippen LogP contribution in [0.15, 0.2) is 0 Å². The van der Waals surface area contributed by atoms with Gasteiger partial charge in [-0.15, -0.1) is 0 Å². The van der Waals surface area contributed by atoms with Gasteiger partial charge in [0.05, 0.1) is 19.1 Å². The van der Waals surface area contributed by atoms with Crippen LogP contribution in [-0.4, -0.2) is 55.1 Å². The van der Waals surface area contributed by atoms with Gasteiger partial charge in [-0.1, -0.05) is 6.92 Å². The molecule has 1 heterocycles. The van der Waals surface area contributed by atoms with Gasteiger partial charge in [-0.2, -0.15) is 0 Å². The van der Waals surface area contributed by atoms with Crippen LogP contribution < -0.4 is 11.1 Å². The average molecular weight is 257 g/mol. The molecule has 6 heteroatoms. The number of amides is 2. The summed E-state index contributed by atoms with van der Waals surface area (Å²) < 4.78 is 5.28. The Morgan fingerprint density at radius 3 is 2.72 bits per heavy atom. The zero-order chi connectivity index (χ0) is 13.7. The Balaban J connectivity index is 2.76. The molecule has 104 valence electrons. The number of hydrogen-bond donors (Lipinski definition) is 2. The van der Waals surface area contributed by atoms with Crippen LogP contribution in [0.2, 0.25) is 0 Å². The van der Waals surface area contributed by atoms with E-state index in [1.54, 1.807) is 18.7 Å². The van der Waals surface area contributed by atoms with Crippen molar-refractivity contribution in [1.29, 1.82) is 0 Å².